The number of amidine groups is 1. The zero-order chi connectivity index (χ0) is 45.4. The van der Waals surface area contributed by atoms with Crippen molar-refractivity contribution in [3.63, 3.8) is 0 Å². The van der Waals surface area contributed by atoms with Gasteiger partial charge in [-0.05, 0) is 76.4 Å². The second-order valence-electron chi connectivity index (χ2n) is 13.4. The van der Waals surface area contributed by atoms with Crippen molar-refractivity contribution < 1.29 is 67.3 Å². The first-order chi connectivity index (χ1) is 28.9. The number of alkyl halides is 6. The number of aliphatic imine (C=N–C) groups is 1. The fraction of sp³-hybridized carbons (Fsp3) is 0.125. The largest absolute Gasteiger partial charge is 0.573 e. The Hall–Kier alpha value is -6.59. The van der Waals surface area contributed by atoms with Crippen molar-refractivity contribution in [1.82, 2.24) is 4.90 Å². The number of benzene rings is 5. The number of amides is 1. The molecule has 7 N–H and O–H groups in total. The van der Waals surface area contributed by atoms with E-state index in [9.17, 15) is 57.9 Å². The summed E-state index contributed by atoms with van der Waals surface area (Å²) >= 11 is 0. The molecule has 62 heavy (non-hydrogen) atoms. The Morgan fingerprint density at radius 3 is 1.71 bits per heavy atom. The highest BCUT2D eigenvalue weighted by Gasteiger charge is 2.41. The molecule has 1 aliphatic rings. The predicted octanol–water partition coefficient (Wildman–Crippen LogP) is 5.68. The van der Waals surface area contributed by atoms with Crippen LogP contribution in [0.4, 0.5) is 26.3 Å². The van der Waals surface area contributed by atoms with Crippen molar-refractivity contribution in [2.45, 2.75) is 41.2 Å². The van der Waals surface area contributed by atoms with Crippen LogP contribution >= 0.6 is 0 Å². The van der Waals surface area contributed by atoms with Gasteiger partial charge in [-0.15, -0.1) is 26.3 Å². The SMILES string of the molecule is NC(=O)C1=CC(C(=O)c2ccc(-c3cccc(S(N)(=O)=O)c3)cc2OC(F)(F)F)N(Cc2ccccc2)C(C(O)c2ccc(-c3cccc(S(N)(=O)=O)c3)cc2OC(F)(F)F)=N1. The number of rotatable bonds is 13. The molecule has 0 bridgehead atoms. The normalized spacial score (nSPS) is 15.3. The maximum atomic E-state index is 14.6. The van der Waals surface area contributed by atoms with Crippen LogP contribution in [0, 0.1) is 0 Å². The van der Waals surface area contributed by atoms with E-state index in [2.05, 4.69) is 14.5 Å². The van der Waals surface area contributed by atoms with Gasteiger partial charge in [-0.2, -0.15) is 0 Å². The van der Waals surface area contributed by atoms with Crippen LogP contribution in [0.2, 0.25) is 0 Å². The summed E-state index contributed by atoms with van der Waals surface area (Å²) in [5.41, 5.74) is 3.87. The lowest BCUT2D eigenvalue weighted by Crippen LogP contribution is -2.48. The number of hydrogen-bond acceptors (Lipinski definition) is 11. The third kappa shape index (κ3) is 10.6. The summed E-state index contributed by atoms with van der Waals surface area (Å²) in [5, 5.41) is 22.4. The zero-order valence-corrected chi connectivity index (χ0v) is 33.0. The number of sulfonamides is 2. The third-order valence-electron chi connectivity index (χ3n) is 9.14. The summed E-state index contributed by atoms with van der Waals surface area (Å²) in [5.74, 6) is -5.30. The van der Waals surface area contributed by atoms with Gasteiger partial charge in [0.15, 0.2) is 5.78 Å². The molecule has 0 saturated carbocycles. The Bertz CT molecular complexity index is 2860. The minimum absolute atomic E-state index is 0.0415. The molecule has 14 nitrogen and oxygen atoms in total. The van der Waals surface area contributed by atoms with Gasteiger partial charge >= 0.3 is 12.7 Å². The number of nitrogens with zero attached hydrogens (tertiary/aromatic N) is 2. The van der Waals surface area contributed by atoms with Crippen molar-refractivity contribution in [3.05, 3.63) is 144 Å². The van der Waals surface area contributed by atoms with Gasteiger partial charge in [0, 0.05) is 12.1 Å². The molecule has 0 aliphatic carbocycles. The number of primary sulfonamides is 2. The first-order valence-corrected chi connectivity index (χ1v) is 20.7. The zero-order valence-electron chi connectivity index (χ0n) is 31.3. The summed E-state index contributed by atoms with van der Waals surface area (Å²) in [4.78, 5) is 31.7. The maximum Gasteiger partial charge on any atom is 0.573 e. The van der Waals surface area contributed by atoms with Gasteiger partial charge in [-0.25, -0.2) is 32.1 Å². The number of halogens is 6. The van der Waals surface area contributed by atoms with E-state index in [1.54, 1.807) is 30.3 Å². The van der Waals surface area contributed by atoms with Gasteiger partial charge in [0.25, 0.3) is 5.91 Å². The summed E-state index contributed by atoms with van der Waals surface area (Å²) in [6.07, 6.45) is -12.2. The monoisotopic (exact) mass is 903 g/mol. The van der Waals surface area contributed by atoms with E-state index in [0.29, 0.717) is 5.56 Å². The smallest absolute Gasteiger partial charge is 0.405 e. The second kappa shape index (κ2) is 17.1. The molecule has 5 aromatic rings. The molecule has 0 fully saturated rings. The number of carbonyl (C=O) groups excluding carboxylic acids is 2. The number of aliphatic hydroxyl groups excluding tert-OH is 1. The van der Waals surface area contributed by atoms with Crippen LogP contribution in [-0.4, -0.2) is 63.1 Å². The van der Waals surface area contributed by atoms with Gasteiger partial charge in [-0.3, -0.25) is 9.59 Å². The quantitative estimate of drug-likeness (QED) is 0.0834. The van der Waals surface area contributed by atoms with E-state index in [4.69, 9.17) is 16.0 Å². The van der Waals surface area contributed by atoms with Gasteiger partial charge < -0.3 is 25.2 Å². The lowest BCUT2D eigenvalue weighted by atomic mass is 9.94. The molecule has 6 rings (SSSR count). The fourth-order valence-electron chi connectivity index (χ4n) is 6.41. The lowest BCUT2D eigenvalue weighted by molar-refractivity contribution is -0.275. The van der Waals surface area contributed by atoms with Crippen molar-refractivity contribution in [2.24, 2.45) is 21.0 Å². The summed E-state index contributed by atoms with van der Waals surface area (Å²) in [6.45, 7) is -0.405. The van der Waals surface area contributed by atoms with Crippen molar-refractivity contribution in [3.8, 4) is 33.8 Å². The van der Waals surface area contributed by atoms with E-state index < -0.39 is 97.3 Å². The average Bonchev–Trinajstić information content (AvgIpc) is 3.19. The second-order valence-corrected chi connectivity index (χ2v) is 16.5. The molecule has 2 unspecified atom stereocenters. The Labute approximate surface area is 348 Å². The minimum Gasteiger partial charge on any atom is -0.405 e. The molecular formula is C40H31F6N5O9S2. The van der Waals surface area contributed by atoms with Crippen LogP contribution in [-0.2, 0) is 31.4 Å². The number of Topliss-reactive ketones (excluding diaryl/α,β-unsaturated/α-hetero) is 1. The number of primary amides is 1. The molecule has 0 saturated heterocycles. The van der Waals surface area contributed by atoms with E-state index in [-0.39, 0.29) is 32.0 Å². The molecule has 22 heteroatoms. The molecule has 0 aromatic heterocycles. The molecule has 1 aliphatic heterocycles. The van der Waals surface area contributed by atoms with Crippen LogP contribution in [0.1, 0.15) is 27.6 Å². The van der Waals surface area contributed by atoms with Gasteiger partial charge in [-0.1, -0.05) is 72.8 Å². The van der Waals surface area contributed by atoms with Crippen LogP contribution in [0.3, 0.4) is 0 Å². The van der Waals surface area contributed by atoms with Crippen molar-refractivity contribution >= 4 is 37.6 Å². The predicted molar refractivity (Wildman–Crippen MR) is 210 cm³/mol. The van der Waals surface area contributed by atoms with Gasteiger partial charge in [0.2, 0.25) is 20.0 Å². The topological polar surface area (TPSA) is 235 Å². The fourth-order valence-corrected chi connectivity index (χ4v) is 7.53. The first-order valence-electron chi connectivity index (χ1n) is 17.6. The Morgan fingerprint density at radius 1 is 0.694 bits per heavy atom. The van der Waals surface area contributed by atoms with Crippen LogP contribution < -0.4 is 25.5 Å². The van der Waals surface area contributed by atoms with Gasteiger partial charge in [0.05, 0.1) is 15.4 Å². The molecule has 1 heterocycles. The number of hydrogen-bond donors (Lipinski definition) is 4. The van der Waals surface area contributed by atoms with Crippen molar-refractivity contribution in [1.29, 1.82) is 0 Å². The number of nitrogens with two attached hydrogens (primary N) is 3. The number of aliphatic hydroxyl groups is 1. The average molecular weight is 904 g/mol. The van der Waals surface area contributed by atoms with Crippen molar-refractivity contribution in [2.75, 3.05) is 0 Å². The van der Waals surface area contributed by atoms with E-state index >= 15 is 0 Å². The van der Waals surface area contributed by atoms with Crippen LogP contribution in [0.25, 0.3) is 22.3 Å². The Balaban J connectivity index is 1.50. The number of ether oxygens (including phenoxy) is 2. The summed E-state index contributed by atoms with van der Waals surface area (Å²) in [7, 11) is -8.50. The highest BCUT2D eigenvalue weighted by molar-refractivity contribution is 7.89. The van der Waals surface area contributed by atoms with E-state index in [1.807, 2.05) is 0 Å². The Morgan fingerprint density at radius 2 is 1.19 bits per heavy atom. The molecule has 0 radical (unpaired) electrons. The molecule has 2 atom stereocenters. The first kappa shape index (κ1) is 44.9. The molecular weight excluding hydrogens is 873 g/mol. The molecule has 5 aromatic carbocycles. The third-order valence-corrected chi connectivity index (χ3v) is 11.0. The highest BCUT2D eigenvalue weighted by atomic mass is 32.2. The molecule has 1 amide bonds. The summed E-state index contributed by atoms with van der Waals surface area (Å²) in [6, 6.07) is 21.6. The Kier molecular flexibility index (Phi) is 12.4. The molecule has 324 valence electrons. The highest BCUT2D eigenvalue weighted by Crippen LogP contribution is 2.39. The number of carbonyl (C=O) groups is 2. The maximum absolute atomic E-state index is 14.6. The standard InChI is InChI=1S/C40H31F6N5O9S2/c41-39(42,43)59-33-18-25(23-8-4-10-27(16-23)61(48,55)56)12-14-29(33)35(52)32-20-31(37(47)54)50-38(51(32)21-22-6-2-1-3-7-22)36(53)30-15-13-26(19-34(30)60-40(44,45)46)24-9-5-11-28(17-24)62(49,57)58/h1-20,32,36,53H,21H2,(H2,47,54)(H2,48,55,56)(H2,49,57,58). The minimum atomic E-state index is -5.40. The van der Waals surface area contributed by atoms with Gasteiger partial charge in [0.1, 0.15) is 35.2 Å². The van der Waals surface area contributed by atoms with Crippen LogP contribution in [0.15, 0.2) is 142 Å². The number of ketones is 1. The van der Waals surface area contributed by atoms with E-state index in [1.165, 1.54) is 36.4 Å². The summed E-state index contributed by atoms with van der Waals surface area (Å²) < 4.78 is 140. The lowest BCUT2D eigenvalue weighted by Gasteiger charge is -2.37. The van der Waals surface area contributed by atoms with Crippen LogP contribution in [0.5, 0.6) is 11.5 Å². The van der Waals surface area contributed by atoms with E-state index in [0.717, 1.165) is 59.5 Å². The molecule has 0 spiro atoms.